The molecule has 5 heteroatoms. The maximum atomic E-state index is 11.2. The molecule has 13 heavy (non-hydrogen) atoms. The van der Waals surface area contributed by atoms with E-state index in [2.05, 4.69) is 5.43 Å². The lowest BCUT2D eigenvalue weighted by Crippen LogP contribution is -2.47. The highest BCUT2D eigenvalue weighted by Crippen LogP contribution is 2.01. The third-order valence-corrected chi connectivity index (χ3v) is 3.45. The Bertz CT molecular complexity index is 199. The molecule has 1 saturated heterocycles. The maximum Gasteiger partial charge on any atom is 0.0467 e. The normalized spacial score (nSPS) is 21.8. The van der Waals surface area contributed by atoms with Crippen LogP contribution in [0.4, 0.5) is 0 Å². The van der Waals surface area contributed by atoms with Crippen LogP contribution in [0.3, 0.4) is 0 Å². The quantitative estimate of drug-likeness (QED) is 0.707. The summed E-state index contributed by atoms with van der Waals surface area (Å²) in [6.07, 6.45) is 0. The molecule has 0 saturated carbocycles. The fourth-order valence-electron chi connectivity index (χ4n) is 1.11. The van der Waals surface area contributed by atoms with Crippen LogP contribution < -0.4 is 5.43 Å². The van der Waals surface area contributed by atoms with E-state index in [1.165, 1.54) is 0 Å². The molecule has 1 aliphatic heterocycles. The molecular weight excluding hydrogens is 186 g/mol. The summed E-state index contributed by atoms with van der Waals surface area (Å²) in [7, 11) is -2.22. The Labute approximate surface area is 81.6 Å². The van der Waals surface area contributed by atoms with Crippen LogP contribution in [-0.4, -0.2) is 40.4 Å². The summed E-state index contributed by atoms with van der Waals surface area (Å²) >= 11 is 0. The minimum absolute atomic E-state index is 0.514. The fraction of sp³-hybridized carbons (Fsp3) is 1.00. The molecule has 0 aliphatic carbocycles. The van der Waals surface area contributed by atoms with Crippen molar-refractivity contribution in [2.24, 2.45) is 0 Å². The van der Waals surface area contributed by atoms with Crippen molar-refractivity contribution >= 4 is 9.73 Å². The van der Waals surface area contributed by atoms with Crippen LogP contribution in [0.2, 0.25) is 0 Å². The first-order chi connectivity index (χ1) is 6.14. The molecule has 4 nitrogen and oxygen atoms in total. The van der Waals surface area contributed by atoms with Crippen molar-refractivity contribution in [3.63, 3.8) is 0 Å². The molecule has 0 bridgehead atoms. The maximum absolute atomic E-state index is 11.2. The Hall–Kier alpha value is -0.130. The summed E-state index contributed by atoms with van der Waals surface area (Å²) in [6.45, 7) is 8.43. The van der Waals surface area contributed by atoms with Gasteiger partial charge in [0.1, 0.15) is 0 Å². The van der Waals surface area contributed by atoms with Gasteiger partial charge >= 0.3 is 0 Å². The van der Waals surface area contributed by atoms with Crippen LogP contribution in [0, 0.1) is 4.78 Å². The molecular formula is C8H21N3OS. The number of hydrogen-bond acceptors (Lipinski definition) is 4. The molecule has 0 unspecified atom stereocenters. The number of nitrogens with zero attached hydrogens (tertiary/aromatic N) is 1. The summed E-state index contributed by atoms with van der Waals surface area (Å²) in [5, 5.41) is 2.04. The van der Waals surface area contributed by atoms with Crippen LogP contribution in [0.5, 0.6) is 0 Å². The molecule has 0 atom stereocenters. The number of rotatable bonds is 2. The van der Waals surface area contributed by atoms with Crippen molar-refractivity contribution in [1.29, 1.82) is 4.78 Å². The molecule has 2 N–H and O–H groups in total. The predicted octanol–water partition coefficient (Wildman–Crippen LogP) is 0.899. The van der Waals surface area contributed by atoms with Gasteiger partial charge in [-0.25, -0.2) is 9.22 Å². The monoisotopic (exact) mass is 207 g/mol. The van der Waals surface area contributed by atoms with Crippen molar-refractivity contribution in [2.75, 3.05) is 31.1 Å². The highest BCUT2D eigenvalue weighted by molar-refractivity contribution is 7.92. The van der Waals surface area contributed by atoms with Gasteiger partial charge in [0.05, 0.1) is 0 Å². The van der Waals surface area contributed by atoms with Crippen molar-refractivity contribution in [1.82, 2.24) is 10.4 Å². The number of hydrazine groups is 1. The third-order valence-electron chi connectivity index (χ3n) is 1.76. The van der Waals surface area contributed by atoms with Gasteiger partial charge in [0, 0.05) is 40.9 Å². The molecule has 0 radical (unpaired) electrons. The van der Waals surface area contributed by atoms with Crippen LogP contribution in [0.25, 0.3) is 0 Å². The van der Waals surface area contributed by atoms with E-state index in [0.717, 1.165) is 19.6 Å². The van der Waals surface area contributed by atoms with Gasteiger partial charge in [-0.05, 0) is 0 Å². The lowest BCUT2D eigenvalue weighted by molar-refractivity contribution is 0.211. The molecule has 0 aromatic carbocycles. The molecule has 0 aromatic rings. The van der Waals surface area contributed by atoms with Gasteiger partial charge in [-0.3, -0.25) is 10.2 Å². The van der Waals surface area contributed by atoms with E-state index in [0.29, 0.717) is 11.5 Å². The minimum atomic E-state index is -2.22. The van der Waals surface area contributed by atoms with Gasteiger partial charge < -0.3 is 0 Å². The standard InChI is InChI=1S/C6H15N3OS.C2H6/c1-2-8-9-3-5-11(7,10)6-4-9;1-2/h7-8H,2-6H2,1H3;1-2H3. The lowest BCUT2D eigenvalue weighted by Gasteiger charge is -2.27. The van der Waals surface area contributed by atoms with Crippen LogP contribution in [0.1, 0.15) is 20.8 Å². The summed E-state index contributed by atoms with van der Waals surface area (Å²) < 4.78 is 18.5. The highest BCUT2D eigenvalue weighted by atomic mass is 32.2. The van der Waals surface area contributed by atoms with Gasteiger partial charge in [-0.1, -0.05) is 20.8 Å². The zero-order chi connectivity index (χ0) is 10.3. The van der Waals surface area contributed by atoms with Crippen molar-refractivity contribution < 1.29 is 4.21 Å². The summed E-state index contributed by atoms with van der Waals surface area (Å²) in [5.74, 6) is 1.03. The van der Waals surface area contributed by atoms with Crippen LogP contribution in [0.15, 0.2) is 0 Å². The van der Waals surface area contributed by atoms with E-state index in [-0.39, 0.29) is 0 Å². The van der Waals surface area contributed by atoms with Crippen LogP contribution in [-0.2, 0) is 9.73 Å². The summed E-state index contributed by atoms with van der Waals surface area (Å²) in [5.41, 5.74) is 3.15. The van der Waals surface area contributed by atoms with Gasteiger partial charge in [-0.2, -0.15) is 0 Å². The Morgan fingerprint density at radius 2 is 1.85 bits per heavy atom. The molecule has 0 aromatic heterocycles. The second-order valence-electron chi connectivity index (χ2n) is 2.72. The Morgan fingerprint density at radius 3 is 2.23 bits per heavy atom. The largest absolute Gasteiger partial charge is 0.255 e. The first-order valence-corrected chi connectivity index (χ1v) is 6.76. The molecule has 0 spiro atoms. The Kier molecular flexibility index (Phi) is 6.28. The Morgan fingerprint density at radius 1 is 1.38 bits per heavy atom. The zero-order valence-corrected chi connectivity index (χ0v) is 9.62. The smallest absolute Gasteiger partial charge is 0.0467 e. The lowest BCUT2D eigenvalue weighted by atomic mass is 10.6. The summed E-state index contributed by atoms with van der Waals surface area (Å²) in [6, 6.07) is 0. The van der Waals surface area contributed by atoms with E-state index < -0.39 is 9.73 Å². The third kappa shape index (κ3) is 5.23. The van der Waals surface area contributed by atoms with Crippen LogP contribution >= 0.6 is 0 Å². The Balaban J connectivity index is 0.000000671. The second-order valence-corrected chi connectivity index (χ2v) is 5.16. The predicted molar refractivity (Wildman–Crippen MR) is 57.2 cm³/mol. The van der Waals surface area contributed by atoms with Crippen molar-refractivity contribution in [2.45, 2.75) is 20.8 Å². The van der Waals surface area contributed by atoms with Gasteiger partial charge in [0.25, 0.3) is 0 Å². The van der Waals surface area contributed by atoms with E-state index in [4.69, 9.17) is 4.78 Å². The molecule has 1 heterocycles. The number of nitrogens with one attached hydrogen (secondary N) is 2. The van der Waals surface area contributed by atoms with Gasteiger partial charge in [0.15, 0.2) is 0 Å². The van der Waals surface area contributed by atoms with Crippen molar-refractivity contribution in [3.05, 3.63) is 0 Å². The van der Waals surface area contributed by atoms with E-state index in [9.17, 15) is 4.21 Å². The average molecular weight is 207 g/mol. The topological polar surface area (TPSA) is 56.2 Å². The molecule has 80 valence electrons. The zero-order valence-electron chi connectivity index (χ0n) is 8.80. The molecule has 1 fully saturated rings. The first-order valence-electron chi connectivity index (χ1n) is 4.86. The first kappa shape index (κ1) is 12.9. The second kappa shape index (κ2) is 6.34. The minimum Gasteiger partial charge on any atom is -0.255 e. The summed E-state index contributed by atoms with van der Waals surface area (Å²) in [4.78, 5) is 0. The SMILES string of the molecule is CC.CCNN1CCS(=N)(=O)CC1. The average Bonchev–Trinajstić information content (AvgIpc) is 2.13. The molecule has 0 amide bonds. The van der Waals surface area contributed by atoms with E-state index in [1.807, 2.05) is 25.8 Å². The van der Waals surface area contributed by atoms with Gasteiger partial charge in [0.2, 0.25) is 0 Å². The number of hydrogen-bond donors (Lipinski definition) is 2. The molecule has 1 aliphatic rings. The molecule has 1 rings (SSSR count). The van der Waals surface area contributed by atoms with E-state index in [1.54, 1.807) is 0 Å². The van der Waals surface area contributed by atoms with E-state index >= 15 is 0 Å². The van der Waals surface area contributed by atoms with Gasteiger partial charge in [-0.15, -0.1) is 0 Å². The fourth-order valence-corrected chi connectivity index (χ4v) is 2.35. The van der Waals surface area contributed by atoms with Crippen molar-refractivity contribution in [3.8, 4) is 0 Å². The highest BCUT2D eigenvalue weighted by Gasteiger charge is 2.17.